The number of aliphatic hydroxyl groups is 3. The molecule has 0 aliphatic heterocycles. The van der Waals surface area contributed by atoms with Crippen molar-refractivity contribution in [3.8, 4) is 5.75 Å². The highest BCUT2D eigenvalue weighted by molar-refractivity contribution is 7.38. The van der Waals surface area contributed by atoms with Crippen LogP contribution in [0.1, 0.15) is 143 Å². The highest BCUT2D eigenvalue weighted by Crippen LogP contribution is 2.47. The van der Waals surface area contributed by atoms with Gasteiger partial charge in [0.25, 0.3) is 0 Å². The fraction of sp³-hybridized carbons (Fsp3) is 0.676. The molecule has 9 N–H and O–H groups in total. The van der Waals surface area contributed by atoms with E-state index in [1.165, 1.54) is 11.1 Å². The lowest BCUT2D eigenvalue weighted by Crippen LogP contribution is -2.44. The molecule has 0 saturated carbocycles. The van der Waals surface area contributed by atoms with Crippen LogP contribution in [0.5, 0.6) is 5.75 Å². The lowest BCUT2D eigenvalue weighted by molar-refractivity contribution is -0.0752. The number of rotatable bonds is 15. The Morgan fingerprint density at radius 3 is 1.20 bits per heavy atom. The van der Waals surface area contributed by atoms with Crippen LogP contribution in [0.25, 0.3) is 0 Å². The van der Waals surface area contributed by atoms with E-state index < -0.39 is 48.5 Å². The molecule has 0 aliphatic carbocycles. The number of hydrogen-bond acceptors (Lipinski definition) is 10. The molecular formula is C37H66O10P2. The van der Waals surface area contributed by atoms with E-state index in [0.29, 0.717) is 0 Å². The Hall–Kier alpha value is -1.26. The van der Waals surface area contributed by atoms with Crippen LogP contribution >= 0.6 is 17.2 Å². The molecule has 0 fully saturated rings. The molecule has 10 nitrogen and oxygen atoms in total. The molecule has 2 aromatic carbocycles. The largest absolute Gasteiger partial charge is 0.485 e. The van der Waals surface area contributed by atoms with Crippen molar-refractivity contribution in [3.05, 3.63) is 64.2 Å². The molecule has 12 heteroatoms. The first-order chi connectivity index (χ1) is 22.4. The quantitative estimate of drug-likeness (QED) is 0.0871. The van der Waals surface area contributed by atoms with Crippen LogP contribution in [0.3, 0.4) is 0 Å². The van der Waals surface area contributed by atoms with Crippen molar-refractivity contribution in [2.45, 2.75) is 137 Å². The molecule has 0 spiro atoms. The van der Waals surface area contributed by atoms with E-state index in [2.05, 4.69) is 119 Å². The lowest BCUT2D eigenvalue weighted by atomic mass is 9.70. The first-order valence-corrected chi connectivity index (χ1v) is 19.3. The van der Waals surface area contributed by atoms with Crippen LogP contribution < -0.4 is 4.74 Å². The van der Waals surface area contributed by atoms with Crippen molar-refractivity contribution in [3.63, 3.8) is 0 Å². The number of aliphatic hydroxyl groups excluding tert-OH is 3. The Labute approximate surface area is 297 Å². The summed E-state index contributed by atoms with van der Waals surface area (Å²) in [5.74, 6) is 0.732. The summed E-state index contributed by atoms with van der Waals surface area (Å²) >= 11 is 0. The van der Waals surface area contributed by atoms with E-state index in [4.69, 9.17) is 34.1 Å². The molecule has 2 rings (SSSR count). The standard InChI is InChI=1S/C37H60O4.2H3O3P/c1-13-33(5,6)26-17-19-28(29(21-26)35(9,10)15-3)32(37(23-38,24-39)25-40)41-31-20-18-27(34(7,8)14-2)22-30(31)36(11,12)16-4;2*1-4(2)3/h17-22,32,38-40H,13-16,23-25H2,1-12H3;2*1-3H. The van der Waals surface area contributed by atoms with Gasteiger partial charge in [-0.05, 0) is 75.7 Å². The van der Waals surface area contributed by atoms with E-state index in [-0.39, 0.29) is 21.7 Å². The predicted octanol–water partition coefficient (Wildman–Crippen LogP) is 6.90. The van der Waals surface area contributed by atoms with Crippen molar-refractivity contribution in [1.29, 1.82) is 0 Å². The van der Waals surface area contributed by atoms with Gasteiger partial charge < -0.3 is 49.4 Å². The highest BCUT2D eigenvalue weighted by Gasteiger charge is 2.44. The van der Waals surface area contributed by atoms with Crippen molar-refractivity contribution in [2.24, 2.45) is 5.41 Å². The summed E-state index contributed by atoms with van der Waals surface area (Å²) in [4.78, 5) is 43.4. The molecule has 49 heavy (non-hydrogen) atoms. The number of ether oxygens (including phenoxy) is 1. The summed E-state index contributed by atoms with van der Waals surface area (Å²) < 4.78 is 7.01. The van der Waals surface area contributed by atoms with Crippen LogP contribution in [0.15, 0.2) is 36.4 Å². The maximum absolute atomic E-state index is 10.7. The van der Waals surface area contributed by atoms with Crippen LogP contribution in [0.4, 0.5) is 0 Å². The molecule has 0 bridgehead atoms. The fourth-order valence-corrected chi connectivity index (χ4v) is 5.21. The Morgan fingerprint density at radius 2 is 0.857 bits per heavy atom. The smallest absolute Gasteiger partial charge is 0.324 e. The van der Waals surface area contributed by atoms with E-state index >= 15 is 0 Å². The zero-order chi connectivity index (χ0) is 38.6. The van der Waals surface area contributed by atoms with Crippen LogP contribution in [-0.4, -0.2) is 64.5 Å². The van der Waals surface area contributed by atoms with Gasteiger partial charge in [-0.1, -0.05) is 113 Å². The monoisotopic (exact) mass is 732 g/mol. The second-order valence-electron chi connectivity index (χ2n) is 15.3. The summed E-state index contributed by atoms with van der Waals surface area (Å²) in [6.07, 6.45) is 3.08. The summed E-state index contributed by atoms with van der Waals surface area (Å²) in [7, 11) is -5.24. The highest BCUT2D eigenvalue weighted by atomic mass is 31.2. The maximum atomic E-state index is 10.7. The third-order valence-corrected chi connectivity index (χ3v) is 10.6. The van der Waals surface area contributed by atoms with Gasteiger partial charge in [-0.3, -0.25) is 0 Å². The molecule has 0 amide bonds. The topological polar surface area (TPSA) is 191 Å². The third kappa shape index (κ3) is 13.3. The summed E-state index contributed by atoms with van der Waals surface area (Å²) in [5.41, 5.74) is 4.02. The Bertz CT molecular complexity index is 1240. The SMILES string of the molecule is CCC(C)(C)c1ccc(OC(c2ccc(C(C)(C)CC)cc2C(C)(C)CC)C(CO)(CO)CO)c(C(C)(C)CC)c1.OP(O)O.OP(O)O. The maximum Gasteiger partial charge on any atom is 0.324 e. The normalized spacial score (nSPS) is 13.4. The molecule has 2 aromatic rings. The van der Waals surface area contributed by atoms with Gasteiger partial charge in [0.15, 0.2) is 0 Å². The average molecular weight is 733 g/mol. The molecule has 0 saturated heterocycles. The Morgan fingerprint density at radius 1 is 0.531 bits per heavy atom. The van der Waals surface area contributed by atoms with Crippen molar-refractivity contribution in [1.82, 2.24) is 0 Å². The minimum atomic E-state index is -2.62. The van der Waals surface area contributed by atoms with Gasteiger partial charge in [-0.2, -0.15) is 0 Å². The van der Waals surface area contributed by atoms with E-state index in [1.54, 1.807) is 0 Å². The number of hydrogen-bond donors (Lipinski definition) is 9. The first kappa shape index (κ1) is 47.7. The van der Waals surface area contributed by atoms with Gasteiger partial charge in [0, 0.05) is 5.56 Å². The Kier molecular flexibility index (Phi) is 19.6. The van der Waals surface area contributed by atoms with E-state index in [1.807, 2.05) is 0 Å². The predicted molar refractivity (Wildman–Crippen MR) is 200 cm³/mol. The van der Waals surface area contributed by atoms with Gasteiger partial charge in [0.2, 0.25) is 0 Å². The molecule has 0 aliphatic rings. The van der Waals surface area contributed by atoms with E-state index in [0.717, 1.165) is 48.1 Å². The molecule has 1 unspecified atom stereocenters. The van der Waals surface area contributed by atoms with Crippen molar-refractivity contribution < 1.29 is 49.4 Å². The minimum Gasteiger partial charge on any atom is -0.485 e. The van der Waals surface area contributed by atoms with Gasteiger partial charge in [-0.15, -0.1) is 0 Å². The molecule has 0 aromatic heterocycles. The zero-order valence-electron chi connectivity index (χ0n) is 31.8. The second kappa shape index (κ2) is 20.1. The average Bonchev–Trinajstić information content (AvgIpc) is 3.04. The summed E-state index contributed by atoms with van der Waals surface area (Å²) in [5, 5.41) is 32.2. The van der Waals surface area contributed by atoms with Crippen molar-refractivity contribution >= 4 is 17.2 Å². The van der Waals surface area contributed by atoms with Crippen molar-refractivity contribution in [2.75, 3.05) is 19.8 Å². The molecule has 0 heterocycles. The van der Waals surface area contributed by atoms with E-state index in [9.17, 15) is 15.3 Å². The zero-order valence-corrected chi connectivity index (χ0v) is 33.6. The summed E-state index contributed by atoms with van der Waals surface area (Å²) in [6.45, 7) is 25.5. The summed E-state index contributed by atoms with van der Waals surface area (Å²) in [6, 6.07) is 13.0. The molecule has 1 atom stereocenters. The minimum absolute atomic E-state index is 0.00426. The Balaban J connectivity index is 0.00000258. The van der Waals surface area contributed by atoms with Gasteiger partial charge in [0.1, 0.15) is 11.9 Å². The van der Waals surface area contributed by atoms with Gasteiger partial charge in [-0.25, -0.2) is 0 Å². The number of benzene rings is 2. The third-order valence-electron chi connectivity index (χ3n) is 10.6. The molecule has 0 radical (unpaired) electrons. The molecule has 284 valence electrons. The van der Waals surface area contributed by atoms with Gasteiger partial charge >= 0.3 is 17.2 Å². The van der Waals surface area contributed by atoms with Crippen LogP contribution in [0.2, 0.25) is 0 Å². The lowest BCUT2D eigenvalue weighted by Gasteiger charge is -2.41. The fourth-order valence-electron chi connectivity index (χ4n) is 5.21. The van der Waals surface area contributed by atoms with Crippen LogP contribution in [0, 0.1) is 5.41 Å². The van der Waals surface area contributed by atoms with Gasteiger partial charge in [0.05, 0.1) is 25.2 Å². The second-order valence-corrected chi connectivity index (χ2v) is 16.4. The first-order valence-electron chi connectivity index (χ1n) is 16.9. The van der Waals surface area contributed by atoms with Crippen LogP contribution in [-0.2, 0) is 21.7 Å². The molecular weight excluding hydrogens is 666 g/mol.